The molecule has 2 fully saturated rings. The van der Waals surface area contributed by atoms with Gasteiger partial charge in [-0.25, -0.2) is 19.2 Å². The molecule has 4 heterocycles. The van der Waals surface area contributed by atoms with Crippen molar-refractivity contribution in [3.05, 3.63) is 64.1 Å². The summed E-state index contributed by atoms with van der Waals surface area (Å²) < 4.78 is 10.9. The van der Waals surface area contributed by atoms with Crippen molar-refractivity contribution in [1.82, 2.24) is 29.3 Å². The molecule has 2 aliphatic rings. The van der Waals surface area contributed by atoms with Gasteiger partial charge in [-0.2, -0.15) is 0 Å². The number of carbonyl (C=O) groups is 2. The fourth-order valence-corrected chi connectivity index (χ4v) is 4.49. The summed E-state index contributed by atoms with van der Waals surface area (Å²) in [4.78, 5) is 73.8. The van der Waals surface area contributed by atoms with Crippen LogP contribution in [0.15, 0.2) is 31.3 Å². The van der Waals surface area contributed by atoms with Gasteiger partial charge in [0.15, 0.2) is 0 Å². The molecular formula is C22H29Cl3N6O8. The lowest BCUT2D eigenvalue weighted by atomic mass is 10.1. The average Bonchev–Trinajstić information content (AvgIpc) is 2.89. The molecule has 39 heavy (non-hydrogen) atoms. The predicted octanol–water partition coefficient (Wildman–Crippen LogP) is 1.70. The minimum Gasteiger partial charge on any atom is -0.457 e. The Labute approximate surface area is 236 Å². The molecule has 3 N–H and O–H groups in total. The van der Waals surface area contributed by atoms with Gasteiger partial charge in [0, 0.05) is 48.9 Å². The Morgan fingerprint density at radius 1 is 0.795 bits per heavy atom. The first-order valence-electron chi connectivity index (χ1n) is 11.8. The van der Waals surface area contributed by atoms with Gasteiger partial charge < -0.3 is 19.7 Å². The van der Waals surface area contributed by atoms with Gasteiger partial charge in [0.25, 0.3) is 11.1 Å². The Kier molecular flexibility index (Phi) is 12.8. The number of likely N-dealkylation sites (tertiary alicyclic amines) is 1. The van der Waals surface area contributed by atoms with Crippen LogP contribution in [0.25, 0.3) is 0 Å². The summed E-state index contributed by atoms with van der Waals surface area (Å²) in [6.07, 6.45) is 2.25. The first-order chi connectivity index (χ1) is 18.5. The number of H-pyrrole nitrogens is 2. The molecule has 0 saturated carbocycles. The first-order valence-corrected chi connectivity index (χ1v) is 12.9. The second-order valence-electron chi connectivity index (χ2n) is 8.37. The zero-order chi connectivity index (χ0) is 29.1. The number of nitrogens with zero attached hydrogens (tertiary/aromatic N) is 3. The van der Waals surface area contributed by atoms with E-state index in [1.54, 1.807) is 4.90 Å². The first kappa shape index (κ1) is 32.1. The van der Waals surface area contributed by atoms with Crippen molar-refractivity contribution in [2.45, 2.75) is 37.8 Å². The lowest BCUT2D eigenvalue weighted by Gasteiger charge is -2.31. The average molecular weight is 612 g/mol. The molecule has 0 aliphatic carbocycles. The molecular weight excluding hydrogens is 583 g/mol. The molecule has 2 aromatic heterocycles. The van der Waals surface area contributed by atoms with Gasteiger partial charge in [0.2, 0.25) is 0 Å². The minimum absolute atomic E-state index is 0.0141. The SMILES string of the molecule is COC(=O)Cl.COC(=O)N1CCC(n2c(=O)cc(Cl)[nH]c2=O)CC1.O=c1cc(Cl)[nH]c(=O)n1C1CCNCC1. The summed E-state index contributed by atoms with van der Waals surface area (Å²) >= 11 is 15.8. The van der Waals surface area contributed by atoms with E-state index in [2.05, 4.69) is 36.4 Å². The van der Waals surface area contributed by atoms with Crippen molar-refractivity contribution in [2.75, 3.05) is 40.4 Å². The minimum atomic E-state index is -0.773. The molecule has 1 amide bonds. The summed E-state index contributed by atoms with van der Waals surface area (Å²) in [7, 11) is 2.54. The number of rotatable bonds is 2. The molecule has 0 aromatic carbocycles. The Bertz CT molecular complexity index is 1290. The van der Waals surface area contributed by atoms with E-state index in [0.717, 1.165) is 30.5 Å². The maximum atomic E-state index is 11.8. The third-order valence-electron chi connectivity index (χ3n) is 5.96. The van der Waals surface area contributed by atoms with E-state index >= 15 is 0 Å². The van der Waals surface area contributed by atoms with E-state index < -0.39 is 28.5 Å². The highest BCUT2D eigenvalue weighted by atomic mass is 35.5. The molecule has 17 heteroatoms. The van der Waals surface area contributed by atoms with Gasteiger partial charge >= 0.3 is 22.9 Å². The molecule has 216 valence electrons. The number of carbonyl (C=O) groups excluding carboxylic acids is 2. The highest BCUT2D eigenvalue weighted by Gasteiger charge is 2.26. The summed E-state index contributed by atoms with van der Waals surface area (Å²) in [5.74, 6) is 0. The van der Waals surface area contributed by atoms with Gasteiger partial charge in [-0.1, -0.05) is 23.2 Å². The number of hydrogen-bond acceptors (Lipinski definition) is 9. The number of amides is 1. The number of aromatic amines is 2. The van der Waals surface area contributed by atoms with Crippen LogP contribution in [0, 0.1) is 0 Å². The maximum Gasteiger partial charge on any atom is 0.409 e. The topological polar surface area (TPSA) is 178 Å². The molecule has 2 aromatic rings. The molecule has 0 radical (unpaired) electrons. The van der Waals surface area contributed by atoms with Crippen LogP contribution in [0.4, 0.5) is 9.59 Å². The van der Waals surface area contributed by atoms with Crippen LogP contribution in [0.3, 0.4) is 0 Å². The lowest BCUT2D eigenvalue weighted by Crippen LogP contribution is -2.44. The number of methoxy groups -OCH3 is 2. The van der Waals surface area contributed by atoms with Gasteiger partial charge in [-0.3, -0.25) is 28.7 Å². The van der Waals surface area contributed by atoms with Crippen LogP contribution in [0.5, 0.6) is 0 Å². The number of hydrogen-bond donors (Lipinski definition) is 3. The van der Waals surface area contributed by atoms with Crippen LogP contribution in [0.2, 0.25) is 10.3 Å². The normalized spacial score (nSPS) is 15.8. The molecule has 0 atom stereocenters. The number of nitrogens with one attached hydrogen (secondary N) is 3. The second kappa shape index (κ2) is 15.5. The van der Waals surface area contributed by atoms with Crippen molar-refractivity contribution >= 4 is 46.3 Å². The van der Waals surface area contributed by atoms with E-state index in [1.165, 1.54) is 30.9 Å². The molecule has 0 bridgehead atoms. The van der Waals surface area contributed by atoms with Crippen LogP contribution < -0.4 is 27.8 Å². The van der Waals surface area contributed by atoms with Gasteiger partial charge in [0.1, 0.15) is 10.3 Å². The Balaban J connectivity index is 0.000000238. The van der Waals surface area contributed by atoms with Crippen LogP contribution in [0.1, 0.15) is 37.8 Å². The molecule has 2 aliphatic heterocycles. The number of halogens is 3. The predicted molar refractivity (Wildman–Crippen MR) is 144 cm³/mol. The maximum absolute atomic E-state index is 11.8. The van der Waals surface area contributed by atoms with E-state index in [-0.39, 0.29) is 27.9 Å². The molecule has 2 saturated heterocycles. The lowest BCUT2D eigenvalue weighted by molar-refractivity contribution is 0.106. The largest absolute Gasteiger partial charge is 0.457 e. The van der Waals surface area contributed by atoms with Crippen molar-refractivity contribution in [3.8, 4) is 0 Å². The fraction of sp³-hybridized carbons (Fsp3) is 0.545. The Hall–Kier alpha value is -3.07. The quantitative estimate of drug-likeness (QED) is 0.337. The van der Waals surface area contributed by atoms with E-state index in [1.807, 2.05) is 0 Å². The zero-order valence-corrected chi connectivity index (χ0v) is 23.5. The Morgan fingerprint density at radius 3 is 1.56 bits per heavy atom. The van der Waals surface area contributed by atoms with Crippen LogP contribution in [-0.2, 0) is 9.47 Å². The van der Waals surface area contributed by atoms with Gasteiger partial charge in [0.05, 0.1) is 14.2 Å². The summed E-state index contributed by atoms with van der Waals surface area (Å²) in [5.41, 5.74) is -2.46. The molecule has 0 unspecified atom stereocenters. The highest BCUT2D eigenvalue weighted by Crippen LogP contribution is 2.20. The standard InChI is InChI=1S/C11H14ClN3O4.C9H12ClN3O2.C2H3ClO2/c1-19-11(18)14-4-2-7(3-5-14)15-9(16)6-8(12)13-10(15)17;10-7-5-8(14)13(9(15)12-7)6-1-3-11-4-2-6;1-5-2(3)4/h6-7H,2-5H2,1H3,(H,13,17);5-6,11H,1-4H2,(H,12,15);1H3. The fourth-order valence-electron chi connectivity index (χ4n) is 4.15. The molecule has 14 nitrogen and oxygen atoms in total. The Morgan fingerprint density at radius 2 is 1.21 bits per heavy atom. The smallest absolute Gasteiger partial charge is 0.409 e. The van der Waals surface area contributed by atoms with E-state index in [9.17, 15) is 28.8 Å². The molecule has 0 spiro atoms. The van der Waals surface area contributed by atoms with Crippen molar-refractivity contribution in [2.24, 2.45) is 0 Å². The second-order valence-corrected chi connectivity index (χ2v) is 9.50. The van der Waals surface area contributed by atoms with Crippen LogP contribution >= 0.6 is 34.8 Å². The third kappa shape index (κ3) is 9.56. The van der Waals surface area contributed by atoms with E-state index in [4.69, 9.17) is 23.2 Å². The molecule has 4 rings (SSSR count). The number of ether oxygens (including phenoxy) is 2. The summed E-state index contributed by atoms with van der Waals surface area (Å²) in [6.45, 7) is 2.57. The zero-order valence-electron chi connectivity index (χ0n) is 21.2. The number of piperidine rings is 2. The van der Waals surface area contributed by atoms with Crippen molar-refractivity contribution in [1.29, 1.82) is 0 Å². The summed E-state index contributed by atoms with van der Waals surface area (Å²) in [5, 5.41) is 3.30. The van der Waals surface area contributed by atoms with Crippen LogP contribution in [-0.4, -0.2) is 75.9 Å². The monoisotopic (exact) mass is 610 g/mol. The summed E-state index contributed by atoms with van der Waals surface area (Å²) in [6, 6.07) is 2.18. The van der Waals surface area contributed by atoms with E-state index in [0.29, 0.717) is 25.9 Å². The number of aromatic nitrogens is 4. The van der Waals surface area contributed by atoms with Crippen molar-refractivity contribution in [3.63, 3.8) is 0 Å². The van der Waals surface area contributed by atoms with Crippen molar-refractivity contribution < 1.29 is 19.1 Å². The van der Waals surface area contributed by atoms with Gasteiger partial charge in [-0.15, -0.1) is 0 Å². The highest BCUT2D eigenvalue weighted by molar-refractivity contribution is 6.61. The van der Waals surface area contributed by atoms with Gasteiger partial charge in [-0.05, 0) is 38.8 Å². The third-order valence-corrected chi connectivity index (χ3v) is 6.52.